The van der Waals surface area contributed by atoms with Crippen LogP contribution < -0.4 is 5.32 Å². The molecule has 4 rings (SSSR count). The van der Waals surface area contributed by atoms with Crippen LogP contribution in [0.4, 0.5) is 5.82 Å². The lowest BCUT2D eigenvalue weighted by Gasteiger charge is -2.11. The molecule has 3 aromatic heterocycles. The normalized spacial score (nSPS) is 11.2. The number of aromatic nitrogens is 4. The van der Waals surface area contributed by atoms with Crippen LogP contribution in [0.1, 0.15) is 16.7 Å². The Bertz CT molecular complexity index is 989. The SMILES string of the molecule is Cc1cc2nc(NCc3cccnc3)c3nccn3c2cc1C. The molecule has 0 saturated heterocycles. The van der Waals surface area contributed by atoms with Crippen LogP contribution in [0.25, 0.3) is 16.7 Å². The monoisotopic (exact) mass is 303 g/mol. The average molecular weight is 303 g/mol. The third-order valence-electron chi connectivity index (χ3n) is 4.12. The van der Waals surface area contributed by atoms with Gasteiger partial charge in [-0.05, 0) is 48.7 Å². The molecule has 114 valence electrons. The molecule has 0 aliphatic heterocycles. The molecule has 1 aromatic carbocycles. The van der Waals surface area contributed by atoms with Gasteiger partial charge < -0.3 is 5.32 Å². The van der Waals surface area contributed by atoms with Crippen molar-refractivity contribution in [2.45, 2.75) is 20.4 Å². The number of nitrogens with one attached hydrogen (secondary N) is 1. The molecule has 0 radical (unpaired) electrons. The highest BCUT2D eigenvalue weighted by molar-refractivity contribution is 5.84. The Hall–Kier alpha value is -2.95. The molecule has 0 amide bonds. The lowest BCUT2D eigenvalue weighted by atomic mass is 10.1. The number of imidazole rings is 1. The lowest BCUT2D eigenvalue weighted by molar-refractivity contribution is 1.08. The summed E-state index contributed by atoms with van der Waals surface area (Å²) in [7, 11) is 0. The highest BCUT2D eigenvalue weighted by Crippen LogP contribution is 2.23. The number of nitrogens with zero attached hydrogens (tertiary/aromatic N) is 4. The third kappa shape index (κ3) is 2.40. The van der Waals surface area contributed by atoms with Crippen LogP contribution >= 0.6 is 0 Å². The number of aryl methyl sites for hydroxylation is 2. The number of fused-ring (bicyclic) bond motifs is 3. The summed E-state index contributed by atoms with van der Waals surface area (Å²) < 4.78 is 2.08. The molecule has 3 heterocycles. The highest BCUT2D eigenvalue weighted by atomic mass is 15.1. The molecule has 0 bridgehead atoms. The van der Waals surface area contributed by atoms with Gasteiger partial charge in [-0.3, -0.25) is 9.38 Å². The summed E-state index contributed by atoms with van der Waals surface area (Å²) in [4.78, 5) is 13.4. The van der Waals surface area contributed by atoms with E-state index in [9.17, 15) is 0 Å². The van der Waals surface area contributed by atoms with Crippen LogP contribution in [0.15, 0.2) is 49.1 Å². The fourth-order valence-corrected chi connectivity index (χ4v) is 2.72. The number of rotatable bonds is 3. The molecule has 23 heavy (non-hydrogen) atoms. The van der Waals surface area contributed by atoms with Crippen LogP contribution in [0.3, 0.4) is 0 Å². The summed E-state index contributed by atoms with van der Waals surface area (Å²) >= 11 is 0. The molecule has 5 nitrogen and oxygen atoms in total. The summed E-state index contributed by atoms with van der Waals surface area (Å²) in [5.74, 6) is 0.787. The Morgan fingerprint density at radius 1 is 1.13 bits per heavy atom. The summed E-state index contributed by atoms with van der Waals surface area (Å²) in [6.07, 6.45) is 7.41. The highest BCUT2D eigenvalue weighted by Gasteiger charge is 2.10. The van der Waals surface area contributed by atoms with Gasteiger partial charge in [0, 0.05) is 31.3 Å². The smallest absolute Gasteiger partial charge is 0.180 e. The number of anilines is 1. The predicted octanol–water partition coefficient (Wildman–Crippen LogP) is 3.51. The Morgan fingerprint density at radius 3 is 2.83 bits per heavy atom. The maximum absolute atomic E-state index is 4.78. The first-order chi connectivity index (χ1) is 11.2. The molecule has 0 saturated carbocycles. The number of hydrogen-bond acceptors (Lipinski definition) is 4. The first-order valence-corrected chi connectivity index (χ1v) is 7.59. The van der Waals surface area contributed by atoms with Gasteiger partial charge in [0.15, 0.2) is 11.5 Å². The largest absolute Gasteiger partial charge is 0.363 e. The molecule has 5 heteroatoms. The molecule has 0 unspecified atom stereocenters. The van der Waals surface area contributed by atoms with Crippen LogP contribution in [0, 0.1) is 13.8 Å². The van der Waals surface area contributed by atoms with Crippen molar-refractivity contribution in [1.29, 1.82) is 0 Å². The summed E-state index contributed by atoms with van der Waals surface area (Å²) in [6.45, 7) is 4.89. The van der Waals surface area contributed by atoms with Gasteiger partial charge in [-0.1, -0.05) is 6.07 Å². The lowest BCUT2D eigenvalue weighted by Crippen LogP contribution is -2.05. The van der Waals surface area contributed by atoms with E-state index in [2.05, 4.69) is 45.7 Å². The van der Waals surface area contributed by atoms with Gasteiger partial charge in [0.1, 0.15) is 0 Å². The van der Waals surface area contributed by atoms with Crippen LogP contribution in [0.2, 0.25) is 0 Å². The second-order valence-electron chi connectivity index (χ2n) is 5.72. The van der Waals surface area contributed by atoms with E-state index in [1.165, 1.54) is 11.1 Å². The fraction of sp³-hybridized carbons (Fsp3) is 0.167. The van der Waals surface area contributed by atoms with Gasteiger partial charge in [-0.15, -0.1) is 0 Å². The van der Waals surface area contributed by atoms with Crippen molar-refractivity contribution >= 4 is 22.5 Å². The standard InChI is InChI=1S/C18H17N5/c1-12-8-15-16(9-13(12)2)23-7-6-20-18(23)17(22-15)21-11-14-4-3-5-19-10-14/h3-10H,11H2,1-2H3,(H,21,22). The van der Waals surface area contributed by atoms with Crippen molar-refractivity contribution in [2.24, 2.45) is 0 Å². The van der Waals surface area contributed by atoms with E-state index in [0.29, 0.717) is 6.54 Å². The summed E-state index contributed by atoms with van der Waals surface area (Å²) in [6, 6.07) is 8.26. The van der Waals surface area contributed by atoms with Crippen molar-refractivity contribution in [3.8, 4) is 0 Å². The van der Waals surface area contributed by atoms with Crippen LogP contribution in [-0.2, 0) is 6.54 Å². The van der Waals surface area contributed by atoms with Crippen molar-refractivity contribution < 1.29 is 0 Å². The molecule has 0 aliphatic carbocycles. The zero-order chi connectivity index (χ0) is 15.8. The van der Waals surface area contributed by atoms with Crippen LogP contribution in [0.5, 0.6) is 0 Å². The minimum atomic E-state index is 0.666. The van der Waals surface area contributed by atoms with Crippen molar-refractivity contribution in [1.82, 2.24) is 19.4 Å². The van der Waals surface area contributed by atoms with Crippen LogP contribution in [-0.4, -0.2) is 19.4 Å². The minimum absolute atomic E-state index is 0.666. The average Bonchev–Trinajstić information content (AvgIpc) is 3.05. The molecule has 0 fully saturated rings. The minimum Gasteiger partial charge on any atom is -0.363 e. The molecular formula is C18H17N5. The molecule has 1 N–H and O–H groups in total. The maximum atomic E-state index is 4.78. The van der Waals surface area contributed by atoms with E-state index in [1.807, 2.05) is 24.5 Å². The van der Waals surface area contributed by atoms with E-state index >= 15 is 0 Å². The van der Waals surface area contributed by atoms with Gasteiger partial charge in [-0.25, -0.2) is 9.97 Å². The third-order valence-corrected chi connectivity index (χ3v) is 4.12. The Labute approximate surface area is 134 Å². The van der Waals surface area contributed by atoms with E-state index < -0.39 is 0 Å². The van der Waals surface area contributed by atoms with Gasteiger partial charge in [0.05, 0.1) is 11.0 Å². The van der Waals surface area contributed by atoms with Gasteiger partial charge in [-0.2, -0.15) is 0 Å². The zero-order valence-electron chi connectivity index (χ0n) is 13.1. The number of benzene rings is 1. The Balaban J connectivity index is 1.82. The quantitative estimate of drug-likeness (QED) is 0.629. The number of hydrogen-bond donors (Lipinski definition) is 1. The second-order valence-corrected chi connectivity index (χ2v) is 5.72. The topological polar surface area (TPSA) is 55.1 Å². The van der Waals surface area contributed by atoms with Gasteiger partial charge >= 0.3 is 0 Å². The van der Waals surface area contributed by atoms with E-state index in [0.717, 1.165) is 28.1 Å². The van der Waals surface area contributed by atoms with Gasteiger partial charge in [0.25, 0.3) is 0 Å². The fourth-order valence-electron chi connectivity index (χ4n) is 2.72. The summed E-state index contributed by atoms with van der Waals surface area (Å²) in [5.41, 5.74) is 6.48. The molecule has 0 aliphatic rings. The Kier molecular flexibility index (Phi) is 3.19. The van der Waals surface area contributed by atoms with Crippen molar-refractivity contribution in [2.75, 3.05) is 5.32 Å². The zero-order valence-corrected chi connectivity index (χ0v) is 13.1. The molecule has 4 aromatic rings. The second kappa shape index (κ2) is 5.35. The van der Waals surface area contributed by atoms with Crippen molar-refractivity contribution in [3.63, 3.8) is 0 Å². The van der Waals surface area contributed by atoms with E-state index in [4.69, 9.17) is 4.98 Å². The van der Waals surface area contributed by atoms with Gasteiger partial charge in [0.2, 0.25) is 0 Å². The number of pyridine rings is 1. The Morgan fingerprint density at radius 2 is 2.00 bits per heavy atom. The predicted molar refractivity (Wildman–Crippen MR) is 91.5 cm³/mol. The van der Waals surface area contributed by atoms with E-state index in [1.54, 1.807) is 12.4 Å². The van der Waals surface area contributed by atoms with E-state index in [-0.39, 0.29) is 0 Å². The first-order valence-electron chi connectivity index (χ1n) is 7.59. The first kappa shape index (κ1) is 13.7. The molecular weight excluding hydrogens is 286 g/mol. The molecule has 0 atom stereocenters. The maximum Gasteiger partial charge on any atom is 0.180 e. The summed E-state index contributed by atoms with van der Waals surface area (Å²) in [5, 5.41) is 3.38. The molecule has 0 spiro atoms. The van der Waals surface area contributed by atoms with Crippen molar-refractivity contribution in [3.05, 3.63) is 65.7 Å².